The summed E-state index contributed by atoms with van der Waals surface area (Å²) in [5.74, 6) is 1.53. The number of nitrogens with one attached hydrogen (secondary N) is 1. The quantitative estimate of drug-likeness (QED) is 0.803. The molecule has 5 rings (SSSR count). The van der Waals surface area contributed by atoms with Gasteiger partial charge in [0.05, 0.1) is 23.7 Å². The van der Waals surface area contributed by atoms with Gasteiger partial charge >= 0.3 is 5.97 Å². The first-order valence-corrected chi connectivity index (χ1v) is 9.73. The van der Waals surface area contributed by atoms with Gasteiger partial charge in [-0.15, -0.1) is 0 Å². The second-order valence-electron chi connectivity index (χ2n) is 7.40. The Morgan fingerprint density at radius 3 is 2.81 bits per heavy atom. The van der Waals surface area contributed by atoms with E-state index in [4.69, 9.17) is 9.72 Å². The molecule has 0 spiro atoms. The average molecular weight is 356 g/mol. The third-order valence-electron chi connectivity index (χ3n) is 5.97. The smallest absolute Gasteiger partial charge is 0.340 e. The minimum Gasteiger partial charge on any atom is -0.465 e. The fraction of sp³-hybridized carbons (Fsp3) is 0.600. The summed E-state index contributed by atoms with van der Waals surface area (Å²) >= 11 is 0. The number of hydrogen-bond acceptors (Lipinski definition) is 5. The Labute approximate surface area is 154 Å². The first-order valence-electron chi connectivity index (χ1n) is 9.73. The molecular weight excluding hydrogens is 328 g/mol. The van der Waals surface area contributed by atoms with E-state index in [1.54, 1.807) is 0 Å². The Hall–Kier alpha value is -1.92. The lowest BCUT2D eigenvalue weighted by Crippen LogP contribution is -2.56. The summed E-state index contributed by atoms with van der Waals surface area (Å²) in [6.07, 6.45) is 3.48. The number of imidazole rings is 1. The van der Waals surface area contributed by atoms with Gasteiger partial charge in [-0.3, -0.25) is 0 Å². The van der Waals surface area contributed by atoms with Crippen LogP contribution in [0.25, 0.3) is 11.0 Å². The van der Waals surface area contributed by atoms with Crippen molar-refractivity contribution in [2.45, 2.75) is 38.8 Å². The number of ether oxygens (including phenoxy) is 1. The third-order valence-corrected chi connectivity index (χ3v) is 5.97. The molecule has 6 nitrogen and oxygen atoms in total. The zero-order valence-corrected chi connectivity index (χ0v) is 15.7. The molecule has 6 heteroatoms. The minimum absolute atomic E-state index is 0.301. The van der Waals surface area contributed by atoms with Crippen LogP contribution in [0, 0.1) is 5.92 Å². The number of hydrogen-bond donors (Lipinski definition) is 1. The van der Waals surface area contributed by atoms with Crippen molar-refractivity contribution in [1.29, 1.82) is 0 Å². The SMILES string of the molecule is CCc1nc2cccc(C(=O)OC)c2n1CCN[C@@H]1CN2CCC1CC2. The van der Waals surface area contributed by atoms with E-state index < -0.39 is 0 Å². The fourth-order valence-electron chi connectivity index (χ4n) is 4.58. The van der Waals surface area contributed by atoms with Gasteiger partial charge in [-0.05, 0) is 44.0 Å². The number of piperidine rings is 3. The second-order valence-corrected chi connectivity index (χ2v) is 7.40. The van der Waals surface area contributed by atoms with Gasteiger partial charge in [0.15, 0.2) is 0 Å². The number of benzene rings is 1. The van der Waals surface area contributed by atoms with Gasteiger partial charge in [-0.1, -0.05) is 13.0 Å². The van der Waals surface area contributed by atoms with E-state index in [2.05, 4.69) is 21.7 Å². The van der Waals surface area contributed by atoms with Crippen molar-refractivity contribution in [3.8, 4) is 0 Å². The lowest BCUT2D eigenvalue weighted by atomic mass is 9.84. The number of methoxy groups -OCH3 is 1. The van der Waals surface area contributed by atoms with Crippen LogP contribution in [0.3, 0.4) is 0 Å². The predicted molar refractivity (Wildman–Crippen MR) is 101 cm³/mol. The second kappa shape index (κ2) is 7.37. The number of aryl methyl sites for hydroxylation is 1. The summed E-state index contributed by atoms with van der Waals surface area (Å²) in [5, 5.41) is 3.76. The van der Waals surface area contributed by atoms with Crippen molar-refractivity contribution in [1.82, 2.24) is 19.8 Å². The molecule has 2 bridgehead atoms. The maximum absolute atomic E-state index is 12.2. The number of nitrogens with zero attached hydrogens (tertiary/aromatic N) is 3. The number of para-hydroxylation sites is 1. The Balaban J connectivity index is 1.54. The van der Waals surface area contributed by atoms with Crippen LogP contribution in [0.4, 0.5) is 0 Å². The molecule has 26 heavy (non-hydrogen) atoms. The molecule has 3 fully saturated rings. The zero-order valence-electron chi connectivity index (χ0n) is 15.7. The van der Waals surface area contributed by atoms with Gasteiger partial charge in [0.2, 0.25) is 0 Å². The highest BCUT2D eigenvalue weighted by molar-refractivity contribution is 6.02. The fourth-order valence-corrected chi connectivity index (χ4v) is 4.58. The van der Waals surface area contributed by atoms with Crippen molar-refractivity contribution in [3.05, 3.63) is 29.6 Å². The van der Waals surface area contributed by atoms with Crippen molar-refractivity contribution in [3.63, 3.8) is 0 Å². The van der Waals surface area contributed by atoms with E-state index in [0.29, 0.717) is 11.6 Å². The van der Waals surface area contributed by atoms with Gasteiger partial charge in [0.25, 0.3) is 0 Å². The van der Waals surface area contributed by atoms with Crippen molar-refractivity contribution in [2.24, 2.45) is 5.92 Å². The molecule has 1 N–H and O–H groups in total. The highest BCUT2D eigenvalue weighted by atomic mass is 16.5. The molecule has 1 atom stereocenters. The lowest BCUT2D eigenvalue weighted by molar-refractivity contribution is 0.0602. The monoisotopic (exact) mass is 356 g/mol. The molecule has 3 aliphatic rings. The lowest BCUT2D eigenvalue weighted by Gasteiger charge is -2.45. The molecular formula is C20H28N4O2. The first kappa shape index (κ1) is 17.5. The van der Waals surface area contributed by atoms with Gasteiger partial charge in [-0.25, -0.2) is 9.78 Å². The van der Waals surface area contributed by atoms with E-state index in [1.165, 1.54) is 39.6 Å². The molecule has 1 aromatic carbocycles. The van der Waals surface area contributed by atoms with Crippen molar-refractivity contribution < 1.29 is 9.53 Å². The van der Waals surface area contributed by atoms with E-state index in [-0.39, 0.29) is 5.97 Å². The van der Waals surface area contributed by atoms with Gasteiger partial charge in [0.1, 0.15) is 5.82 Å². The van der Waals surface area contributed by atoms with E-state index in [0.717, 1.165) is 42.3 Å². The molecule has 1 aromatic heterocycles. The zero-order chi connectivity index (χ0) is 18.1. The molecule has 4 heterocycles. The topological polar surface area (TPSA) is 59.4 Å². The highest BCUT2D eigenvalue weighted by Crippen LogP contribution is 2.27. The summed E-state index contributed by atoms with van der Waals surface area (Å²) in [4.78, 5) is 19.5. The minimum atomic E-state index is -0.301. The Bertz CT molecular complexity index is 792. The molecule has 3 aliphatic heterocycles. The predicted octanol–water partition coefficient (Wildman–Crippen LogP) is 2.07. The maximum atomic E-state index is 12.2. The molecule has 140 valence electrons. The molecule has 0 unspecified atom stereocenters. The summed E-state index contributed by atoms with van der Waals surface area (Å²) < 4.78 is 7.16. The summed E-state index contributed by atoms with van der Waals surface area (Å²) in [7, 11) is 1.43. The van der Waals surface area contributed by atoms with Crippen LogP contribution in [-0.4, -0.2) is 59.8 Å². The van der Waals surface area contributed by atoms with Gasteiger partial charge in [-0.2, -0.15) is 0 Å². The van der Waals surface area contributed by atoms with E-state index in [9.17, 15) is 4.79 Å². The van der Waals surface area contributed by atoms with E-state index >= 15 is 0 Å². The Morgan fingerprint density at radius 2 is 2.15 bits per heavy atom. The maximum Gasteiger partial charge on any atom is 0.340 e. The van der Waals surface area contributed by atoms with Gasteiger partial charge in [0, 0.05) is 32.1 Å². The summed E-state index contributed by atoms with van der Waals surface area (Å²) in [6, 6.07) is 6.26. The Morgan fingerprint density at radius 1 is 1.35 bits per heavy atom. The van der Waals surface area contributed by atoms with Crippen LogP contribution in [-0.2, 0) is 17.7 Å². The van der Waals surface area contributed by atoms with Gasteiger partial charge < -0.3 is 19.5 Å². The molecule has 2 aromatic rings. The van der Waals surface area contributed by atoms with Crippen LogP contribution < -0.4 is 5.32 Å². The van der Waals surface area contributed by atoms with Crippen LogP contribution in [0.15, 0.2) is 18.2 Å². The number of carbonyl (C=O) groups is 1. The number of carbonyl (C=O) groups excluding carboxylic acids is 1. The van der Waals surface area contributed by atoms with Crippen molar-refractivity contribution in [2.75, 3.05) is 33.3 Å². The van der Waals surface area contributed by atoms with Crippen LogP contribution in [0.2, 0.25) is 0 Å². The number of rotatable bonds is 6. The standard InChI is InChI=1S/C20H28N4O2/c1-3-18-22-16-6-4-5-15(20(25)26-2)19(16)24(18)12-9-21-17-13-23-10-7-14(17)8-11-23/h4-6,14,17,21H,3,7-13H2,1-2H3/t17-/m1/s1. The largest absolute Gasteiger partial charge is 0.465 e. The van der Waals surface area contributed by atoms with E-state index in [1.807, 2.05) is 18.2 Å². The third kappa shape index (κ3) is 3.12. The molecule has 0 amide bonds. The normalized spacial score (nSPS) is 24.9. The number of fused-ring (bicyclic) bond motifs is 4. The molecule has 3 saturated heterocycles. The van der Waals surface area contributed by atoms with Crippen molar-refractivity contribution >= 4 is 17.0 Å². The number of esters is 1. The Kier molecular flexibility index (Phi) is 4.96. The first-order chi connectivity index (χ1) is 12.7. The molecule has 0 saturated carbocycles. The average Bonchev–Trinajstić information content (AvgIpc) is 3.06. The molecule has 0 aliphatic carbocycles. The summed E-state index contributed by atoms with van der Waals surface area (Å²) in [5.41, 5.74) is 2.36. The van der Waals surface area contributed by atoms with Crippen LogP contribution >= 0.6 is 0 Å². The molecule has 0 radical (unpaired) electrons. The summed E-state index contributed by atoms with van der Waals surface area (Å²) in [6.45, 7) is 7.51. The highest BCUT2D eigenvalue weighted by Gasteiger charge is 2.33. The number of aromatic nitrogens is 2. The van der Waals surface area contributed by atoms with Crippen LogP contribution in [0.1, 0.15) is 35.9 Å². The van der Waals surface area contributed by atoms with Crippen LogP contribution in [0.5, 0.6) is 0 Å².